The van der Waals surface area contributed by atoms with Gasteiger partial charge in [0.2, 0.25) is 0 Å². The molecule has 1 rings (SSSR count). The maximum atomic E-state index is 11.6. The summed E-state index contributed by atoms with van der Waals surface area (Å²) in [5, 5.41) is 14.6. The first kappa shape index (κ1) is 15.5. The van der Waals surface area contributed by atoms with E-state index in [9.17, 15) is 4.79 Å². The Morgan fingerprint density at radius 2 is 2.05 bits per heavy atom. The van der Waals surface area contributed by atoms with Crippen molar-refractivity contribution in [2.75, 3.05) is 32.2 Å². The third-order valence-corrected chi connectivity index (χ3v) is 2.78. The summed E-state index contributed by atoms with van der Waals surface area (Å²) < 4.78 is 5.12. The number of carbonyl (C=O) groups excluding carboxylic acids is 1. The van der Waals surface area contributed by atoms with Crippen LogP contribution < -0.4 is 10.6 Å². The number of ether oxygens (including phenoxy) is 1. The van der Waals surface area contributed by atoms with Crippen LogP contribution in [0.4, 0.5) is 5.69 Å². The van der Waals surface area contributed by atoms with Gasteiger partial charge in [-0.25, -0.2) is 0 Å². The van der Waals surface area contributed by atoms with Crippen LogP contribution in [-0.4, -0.2) is 43.9 Å². The third-order valence-electron chi connectivity index (χ3n) is 2.78. The summed E-state index contributed by atoms with van der Waals surface area (Å²) in [6.07, 6.45) is 0.965. The first-order valence-corrected chi connectivity index (χ1v) is 6.45. The van der Waals surface area contributed by atoms with E-state index in [2.05, 4.69) is 17.6 Å². The molecule has 1 atom stereocenters. The fourth-order valence-electron chi connectivity index (χ4n) is 1.69. The number of carbonyl (C=O) groups is 1. The summed E-state index contributed by atoms with van der Waals surface area (Å²) in [6, 6.07) is 7.51. The van der Waals surface area contributed by atoms with Gasteiger partial charge >= 0.3 is 0 Å². The molecule has 0 radical (unpaired) electrons. The lowest BCUT2D eigenvalue weighted by Gasteiger charge is -2.17. The number of amides is 1. The molecule has 0 saturated carbocycles. The molecule has 1 unspecified atom stereocenters. The molecule has 0 aliphatic heterocycles. The van der Waals surface area contributed by atoms with E-state index in [4.69, 9.17) is 9.84 Å². The Hall–Kier alpha value is -1.59. The zero-order chi connectivity index (χ0) is 14.1. The van der Waals surface area contributed by atoms with Gasteiger partial charge in [-0.1, -0.05) is 6.92 Å². The van der Waals surface area contributed by atoms with Gasteiger partial charge in [-0.3, -0.25) is 4.79 Å². The molecule has 0 aliphatic carbocycles. The van der Waals surface area contributed by atoms with Gasteiger partial charge in [-0.2, -0.15) is 0 Å². The zero-order valence-corrected chi connectivity index (χ0v) is 11.5. The quantitative estimate of drug-likeness (QED) is 0.662. The molecule has 0 aliphatic rings. The highest BCUT2D eigenvalue weighted by atomic mass is 16.5. The molecular weight excluding hydrogens is 244 g/mol. The van der Waals surface area contributed by atoms with Crippen molar-refractivity contribution in [3.8, 4) is 0 Å². The minimum atomic E-state index is -0.176. The lowest BCUT2D eigenvalue weighted by Crippen LogP contribution is -2.26. The van der Waals surface area contributed by atoms with Crippen LogP contribution in [0.2, 0.25) is 0 Å². The molecule has 0 fully saturated rings. The minimum absolute atomic E-state index is 0.0550. The summed E-state index contributed by atoms with van der Waals surface area (Å²) >= 11 is 0. The average molecular weight is 266 g/mol. The lowest BCUT2D eigenvalue weighted by atomic mass is 10.1. The monoisotopic (exact) mass is 266 g/mol. The predicted octanol–water partition coefficient (Wildman–Crippen LogP) is 1.25. The molecule has 0 aromatic heterocycles. The highest BCUT2D eigenvalue weighted by Gasteiger charge is 2.07. The lowest BCUT2D eigenvalue weighted by molar-refractivity contribution is 0.0945. The molecule has 1 aromatic carbocycles. The number of rotatable bonds is 8. The van der Waals surface area contributed by atoms with Crippen LogP contribution in [-0.2, 0) is 4.74 Å². The second-order valence-corrected chi connectivity index (χ2v) is 4.26. The zero-order valence-electron chi connectivity index (χ0n) is 11.5. The number of hydrogen-bond donors (Lipinski definition) is 3. The highest BCUT2D eigenvalue weighted by molar-refractivity contribution is 5.94. The van der Waals surface area contributed by atoms with Crippen molar-refractivity contribution < 1.29 is 14.6 Å². The molecule has 1 aromatic rings. The van der Waals surface area contributed by atoms with E-state index in [-0.39, 0.29) is 25.1 Å². The number of methoxy groups -OCH3 is 1. The standard InChI is InChI=1S/C14H22N2O3/c1-3-12(10-19-2)16-13-6-4-11(5-7-13)14(18)15-8-9-17/h4-7,12,16-17H,3,8-10H2,1-2H3,(H,15,18). The second kappa shape index (κ2) is 8.50. The van der Waals surface area contributed by atoms with E-state index < -0.39 is 0 Å². The van der Waals surface area contributed by atoms with Gasteiger partial charge < -0.3 is 20.5 Å². The molecular formula is C14H22N2O3. The van der Waals surface area contributed by atoms with Gasteiger partial charge in [0.1, 0.15) is 0 Å². The summed E-state index contributed by atoms with van der Waals surface area (Å²) in [7, 11) is 1.68. The van der Waals surface area contributed by atoms with Crippen LogP contribution in [0.1, 0.15) is 23.7 Å². The minimum Gasteiger partial charge on any atom is -0.395 e. The van der Waals surface area contributed by atoms with Gasteiger partial charge in [0.05, 0.1) is 13.2 Å². The van der Waals surface area contributed by atoms with E-state index in [1.165, 1.54) is 0 Å². The Morgan fingerprint density at radius 1 is 1.37 bits per heavy atom. The first-order valence-electron chi connectivity index (χ1n) is 6.45. The number of anilines is 1. The Morgan fingerprint density at radius 3 is 2.58 bits per heavy atom. The number of nitrogens with one attached hydrogen (secondary N) is 2. The molecule has 0 bridgehead atoms. The Kier molecular flexibility index (Phi) is 6.92. The summed E-state index contributed by atoms with van der Waals surface area (Å²) in [5.41, 5.74) is 1.54. The fourth-order valence-corrected chi connectivity index (χ4v) is 1.69. The van der Waals surface area contributed by atoms with Gasteiger partial charge in [-0.05, 0) is 30.7 Å². The molecule has 0 heterocycles. The number of hydrogen-bond acceptors (Lipinski definition) is 4. The average Bonchev–Trinajstić information content (AvgIpc) is 2.45. The van der Waals surface area contributed by atoms with Gasteiger partial charge in [-0.15, -0.1) is 0 Å². The van der Waals surface area contributed by atoms with Crippen LogP contribution >= 0.6 is 0 Å². The molecule has 3 N–H and O–H groups in total. The van der Waals surface area contributed by atoms with Crippen molar-refractivity contribution in [2.24, 2.45) is 0 Å². The van der Waals surface area contributed by atoms with Gasteiger partial charge in [0.15, 0.2) is 0 Å². The van der Waals surface area contributed by atoms with Crippen LogP contribution in [0, 0.1) is 0 Å². The van der Waals surface area contributed by atoms with Crippen molar-refractivity contribution in [1.82, 2.24) is 5.32 Å². The fraction of sp³-hybridized carbons (Fsp3) is 0.500. The van der Waals surface area contributed by atoms with Crippen molar-refractivity contribution >= 4 is 11.6 Å². The van der Waals surface area contributed by atoms with E-state index in [0.717, 1.165) is 12.1 Å². The molecule has 5 heteroatoms. The largest absolute Gasteiger partial charge is 0.395 e. The van der Waals surface area contributed by atoms with Crippen molar-refractivity contribution in [3.63, 3.8) is 0 Å². The maximum Gasteiger partial charge on any atom is 0.251 e. The number of aliphatic hydroxyl groups is 1. The Balaban J connectivity index is 2.57. The molecule has 106 valence electrons. The smallest absolute Gasteiger partial charge is 0.251 e. The Bertz CT molecular complexity index is 379. The van der Waals surface area contributed by atoms with E-state index in [1.54, 1.807) is 19.2 Å². The number of aliphatic hydroxyl groups excluding tert-OH is 1. The summed E-state index contributed by atoms with van der Waals surface area (Å²) in [6.45, 7) is 2.95. The van der Waals surface area contributed by atoms with Gasteiger partial charge in [0.25, 0.3) is 5.91 Å². The first-order chi connectivity index (χ1) is 9.21. The van der Waals surface area contributed by atoms with Crippen molar-refractivity contribution in [1.29, 1.82) is 0 Å². The highest BCUT2D eigenvalue weighted by Crippen LogP contribution is 2.12. The second-order valence-electron chi connectivity index (χ2n) is 4.26. The van der Waals surface area contributed by atoms with Crippen LogP contribution in [0.15, 0.2) is 24.3 Å². The van der Waals surface area contributed by atoms with Crippen LogP contribution in [0.5, 0.6) is 0 Å². The van der Waals surface area contributed by atoms with Crippen molar-refractivity contribution in [2.45, 2.75) is 19.4 Å². The van der Waals surface area contributed by atoms with E-state index in [0.29, 0.717) is 12.2 Å². The predicted molar refractivity (Wildman–Crippen MR) is 75.4 cm³/mol. The summed E-state index contributed by atoms with van der Waals surface area (Å²) in [4.78, 5) is 11.6. The molecule has 1 amide bonds. The molecule has 19 heavy (non-hydrogen) atoms. The van der Waals surface area contributed by atoms with Crippen LogP contribution in [0.3, 0.4) is 0 Å². The van der Waals surface area contributed by atoms with E-state index in [1.807, 2.05) is 12.1 Å². The van der Waals surface area contributed by atoms with Gasteiger partial charge in [0, 0.05) is 30.9 Å². The third kappa shape index (κ3) is 5.28. The molecule has 0 saturated heterocycles. The van der Waals surface area contributed by atoms with Crippen LogP contribution in [0.25, 0.3) is 0 Å². The van der Waals surface area contributed by atoms with E-state index >= 15 is 0 Å². The van der Waals surface area contributed by atoms with Crippen molar-refractivity contribution in [3.05, 3.63) is 29.8 Å². The summed E-state index contributed by atoms with van der Waals surface area (Å²) in [5.74, 6) is -0.176. The Labute approximate surface area is 114 Å². The molecule has 0 spiro atoms. The topological polar surface area (TPSA) is 70.6 Å². The maximum absolute atomic E-state index is 11.6. The normalized spacial score (nSPS) is 11.9. The number of benzene rings is 1. The molecule has 5 nitrogen and oxygen atoms in total. The SMILES string of the molecule is CCC(COC)Nc1ccc(C(=O)NCCO)cc1.